The number of anilines is 1. The highest BCUT2D eigenvalue weighted by Crippen LogP contribution is 2.29. The minimum absolute atomic E-state index is 0.0109. The van der Waals surface area contributed by atoms with Gasteiger partial charge in [0.15, 0.2) is 5.82 Å². The Bertz CT molecular complexity index is 632. The lowest BCUT2D eigenvalue weighted by molar-refractivity contribution is -0.387. The van der Waals surface area contributed by atoms with E-state index in [4.69, 9.17) is 5.73 Å². The van der Waals surface area contributed by atoms with Crippen molar-refractivity contribution in [1.29, 1.82) is 0 Å². The Kier molecular flexibility index (Phi) is 4.04. The van der Waals surface area contributed by atoms with E-state index in [1.807, 2.05) is 0 Å². The van der Waals surface area contributed by atoms with Crippen molar-refractivity contribution in [3.63, 3.8) is 0 Å². The molecule has 19 heavy (non-hydrogen) atoms. The molecular weight excluding hydrogens is 266 g/mol. The van der Waals surface area contributed by atoms with Crippen LogP contribution in [0.5, 0.6) is 0 Å². The molecule has 7 nitrogen and oxygen atoms in total. The van der Waals surface area contributed by atoms with E-state index in [9.17, 15) is 10.1 Å². The monoisotopic (exact) mass is 275 g/mol. The van der Waals surface area contributed by atoms with E-state index in [2.05, 4.69) is 14.4 Å². The van der Waals surface area contributed by atoms with Crippen molar-refractivity contribution in [2.24, 2.45) is 4.40 Å². The standard InChI is InChI=1S/C11H9N5O2S/c12-11-8(13-5-6-14-11)7-15-19-10-4-2-1-3-9(10)16(17)18/h1-7H,(H2,12,14). The topological polar surface area (TPSA) is 107 Å². The molecule has 0 aliphatic heterocycles. The minimum atomic E-state index is -0.450. The van der Waals surface area contributed by atoms with Gasteiger partial charge in [0, 0.05) is 30.4 Å². The van der Waals surface area contributed by atoms with Crippen LogP contribution in [0.1, 0.15) is 5.69 Å². The number of rotatable bonds is 4. The summed E-state index contributed by atoms with van der Waals surface area (Å²) in [6.45, 7) is 0. The van der Waals surface area contributed by atoms with Crippen LogP contribution in [-0.4, -0.2) is 21.1 Å². The lowest BCUT2D eigenvalue weighted by Gasteiger charge is -1.98. The summed E-state index contributed by atoms with van der Waals surface area (Å²) in [5.74, 6) is 0.259. The number of nitro benzene ring substituents is 1. The summed E-state index contributed by atoms with van der Waals surface area (Å²) in [5.41, 5.74) is 6.03. The van der Waals surface area contributed by atoms with Crippen LogP contribution in [0.3, 0.4) is 0 Å². The zero-order valence-corrected chi connectivity index (χ0v) is 10.4. The normalized spacial score (nSPS) is 10.7. The molecule has 2 N–H and O–H groups in total. The molecular formula is C11H9N5O2S. The van der Waals surface area contributed by atoms with Gasteiger partial charge in [0.2, 0.25) is 0 Å². The second-order valence-corrected chi connectivity index (χ2v) is 4.21. The van der Waals surface area contributed by atoms with E-state index in [1.165, 1.54) is 24.7 Å². The fourth-order valence-electron chi connectivity index (χ4n) is 1.28. The zero-order valence-electron chi connectivity index (χ0n) is 9.63. The summed E-state index contributed by atoms with van der Waals surface area (Å²) in [4.78, 5) is 18.6. The first-order valence-corrected chi connectivity index (χ1v) is 5.96. The van der Waals surface area contributed by atoms with Gasteiger partial charge in [-0.2, -0.15) is 0 Å². The van der Waals surface area contributed by atoms with E-state index >= 15 is 0 Å². The molecule has 1 heterocycles. The largest absolute Gasteiger partial charge is 0.382 e. The average molecular weight is 275 g/mol. The number of nitro groups is 1. The molecule has 0 spiro atoms. The van der Waals surface area contributed by atoms with Gasteiger partial charge in [0.25, 0.3) is 5.69 Å². The van der Waals surface area contributed by atoms with Crippen molar-refractivity contribution >= 4 is 29.7 Å². The molecule has 0 unspecified atom stereocenters. The maximum absolute atomic E-state index is 10.8. The molecule has 0 radical (unpaired) electrons. The smallest absolute Gasteiger partial charge is 0.284 e. The lowest BCUT2D eigenvalue weighted by atomic mass is 10.3. The maximum Gasteiger partial charge on any atom is 0.284 e. The van der Waals surface area contributed by atoms with Crippen molar-refractivity contribution in [2.45, 2.75) is 4.90 Å². The minimum Gasteiger partial charge on any atom is -0.382 e. The SMILES string of the molecule is Nc1nccnc1C=NSc1ccccc1[N+](=O)[O-]. The molecule has 0 aliphatic rings. The van der Waals surface area contributed by atoms with E-state index in [0.717, 1.165) is 11.9 Å². The quantitative estimate of drug-likeness (QED) is 0.396. The van der Waals surface area contributed by atoms with Gasteiger partial charge < -0.3 is 5.73 Å². The van der Waals surface area contributed by atoms with Crippen LogP contribution in [0.15, 0.2) is 46.0 Å². The molecule has 96 valence electrons. The number of nitrogens with zero attached hydrogens (tertiary/aromatic N) is 4. The number of nitrogens with two attached hydrogens (primary N) is 1. The van der Waals surface area contributed by atoms with E-state index in [-0.39, 0.29) is 11.5 Å². The van der Waals surface area contributed by atoms with Gasteiger partial charge in [0.05, 0.1) is 11.1 Å². The number of hydrogen-bond acceptors (Lipinski definition) is 7. The molecule has 2 aromatic rings. The van der Waals surface area contributed by atoms with Crippen molar-refractivity contribution in [2.75, 3.05) is 5.73 Å². The van der Waals surface area contributed by atoms with Crippen LogP contribution >= 0.6 is 11.9 Å². The zero-order chi connectivity index (χ0) is 13.7. The summed E-state index contributed by atoms with van der Waals surface area (Å²) in [5, 5.41) is 10.8. The highest BCUT2D eigenvalue weighted by atomic mass is 32.2. The molecule has 0 bridgehead atoms. The molecule has 2 rings (SSSR count). The predicted molar refractivity (Wildman–Crippen MR) is 73.0 cm³/mol. The molecule has 0 fully saturated rings. The van der Waals surface area contributed by atoms with Gasteiger partial charge in [-0.05, 0) is 6.07 Å². The second-order valence-electron chi connectivity index (χ2n) is 3.38. The van der Waals surface area contributed by atoms with Crippen LogP contribution in [0, 0.1) is 10.1 Å². The Morgan fingerprint density at radius 2 is 2.05 bits per heavy atom. The Morgan fingerprint density at radius 3 is 2.79 bits per heavy atom. The molecule has 0 atom stereocenters. The van der Waals surface area contributed by atoms with Crippen LogP contribution < -0.4 is 5.73 Å². The predicted octanol–water partition coefficient (Wildman–Crippen LogP) is 2.09. The van der Waals surface area contributed by atoms with Gasteiger partial charge in [-0.3, -0.25) is 10.1 Å². The van der Waals surface area contributed by atoms with Crippen LogP contribution in [0.4, 0.5) is 11.5 Å². The van der Waals surface area contributed by atoms with Crippen molar-refractivity contribution in [3.05, 3.63) is 52.5 Å². The summed E-state index contributed by atoms with van der Waals surface area (Å²) in [6.07, 6.45) is 4.39. The first kappa shape index (κ1) is 13.0. The summed E-state index contributed by atoms with van der Waals surface area (Å²) < 4.78 is 4.02. The maximum atomic E-state index is 10.8. The van der Waals surface area contributed by atoms with Gasteiger partial charge >= 0.3 is 0 Å². The number of para-hydroxylation sites is 1. The van der Waals surface area contributed by atoms with Crippen LogP contribution in [-0.2, 0) is 0 Å². The highest BCUT2D eigenvalue weighted by Gasteiger charge is 2.12. The van der Waals surface area contributed by atoms with E-state index in [0.29, 0.717) is 10.6 Å². The van der Waals surface area contributed by atoms with E-state index in [1.54, 1.807) is 18.2 Å². The van der Waals surface area contributed by atoms with Gasteiger partial charge in [-0.1, -0.05) is 12.1 Å². The molecule has 1 aromatic heterocycles. The van der Waals surface area contributed by atoms with Crippen LogP contribution in [0.2, 0.25) is 0 Å². The summed E-state index contributed by atoms with van der Waals surface area (Å²) in [6, 6.07) is 6.36. The molecule has 0 amide bonds. The second kappa shape index (κ2) is 5.91. The molecule has 0 saturated heterocycles. The van der Waals surface area contributed by atoms with Crippen LogP contribution in [0.25, 0.3) is 0 Å². The Hall–Kier alpha value is -2.48. The lowest BCUT2D eigenvalue weighted by Crippen LogP contribution is -1.98. The molecule has 0 aliphatic carbocycles. The molecule has 0 saturated carbocycles. The van der Waals surface area contributed by atoms with Gasteiger partial charge in [0.1, 0.15) is 10.6 Å². The van der Waals surface area contributed by atoms with Gasteiger partial charge in [-0.15, -0.1) is 0 Å². The first-order valence-electron chi connectivity index (χ1n) is 5.19. The number of nitrogen functional groups attached to an aromatic ring is 1. The number of benzene rings is 1. The van der Waals surface area contributed by atoms with Crippen molar-refractivity contribution in [1.82, 2.24) is 9.97 Å². The van der Waals surface area contributed by atoms with E-state index < -0.39 is 4.92 Å². The molecule has 1 aromatic carbocycles. The fraction of sp³-hybridized carbons (Fsp3) is 0. The van der Waals surface area contributed by atoms with Gasteiger partial charge in [-0.25, -0.2) is 14.4 Å². The average Bonchev–Trinajstić information content (AvgIpc) is 2.41. The van der Waals surface area contributed by atoms with Crippen molar-refractivity contribution < 1.29 is 4.92 Å². The Balaban J connectivity index is 2.15. The fourth-order valence-corrected chi connectivity index (χ4v) is 1.92. The third-order valence-electron chi connectivity index (χ3n) is 2.14. The number of hydrogen-bond donors (Lipinski definition) is 1. The van der Waals surface area contributed by atoms with Crippen molar-refractivity contribution in [3.8, 4) is 0 Å². The Labute approximate surface area is 112 Å². The third kappa shape index (κ3) is 3.26. The number of aromatic nitrogens is 2. The summed E-state index contributed by atoms with van der Waals surface area (Å²) >= 11 is 0.983. The highest BCUT2D eigenvalue weighted by molar-refractivity contribution is 7.98. The molecule has 8 heteroatoms. The summed E-state index contributed by atoms with van der Waals surface area (Å²) in [7, 11) is 0. The Morgan fingerprint density at radius 1 is 1.32 bits per heavy atom. The third-order valence-corrected chi connectivity index (χ3v) is 2.90. The first-order chi connectivity index (χ1) is 9.18.